The molecule has 1 aliphatic heterocycles. The normalized spacial score (nSPS) is 20.7. The predicted molar refractivity (Wildman–Crippen MR) is 61.9 cm³/mol. The van der Waals surface area contributed by atoms with Crippen molar-refractivity contribution in [3.63, 3.8) is 0 Å². The van der Waals surface area contributed by atoms with Crippen LogP contribution in [0.25, 0.3) is 0 Å². The zero-order valence-corrected chi connectivity index (χ0v) is 9.94. The minimum absolute atomic E-state index is 0.183. The van der Waals surface area contributed by atoms with Crippen molar-refractivity contribution < 1.29 is 9.53 Å². The highest BCUT2D eigenvalue weighted by Gasteiger charge is 2.17. The van der Waals surface area contributed by atoms with Gasteiger partial charge < -0.3 is 4.74 Å². The fraction of sp³-hybridized carbons (Fsp3) is 0.545. The van der Waals surface area contributed by atoms with Gasteiger partial charge in [-0.1, -0.05) is 11.6 Å². The molecule has 0 amide bonds. The zero-order chi connectivity index (χ0) is 10.7. The van der Waals surface area contributed by atoms with Crippen molar-refractivity contribution in [2.24, 2.45) is 0 Å². The van der Waals surface area contributed by atoms with E-state index in [1.807, 2.05) is 0 Å². The van der Waals surface area contributed by atoms with Crippen LogP contribution in [0.2, 0.25) is 4.34 Å². The molecule has 0 N–H and O–H groups in total. The molecule has 0 aromatic carbocycles. The highest BCUT2D eigenvalue weighted by atomic mass is 35.5. The first-order valence-corrected chi connectivity index (χ1v) is 6.35. The Morgan fingerprint density at radius 1 is 1.60 bits per heavy atom. The van der Waals surface area contributed by atoms with Crippen molar-refractivity contribution in [2.75, 3.05) is 6.61 Å². The summed E-state index contributed by atoms with van der Waals surface area (Å²) >= 11 is 7.13. The smallest absolute Gasteiger partial charge is 0.172 e. The van der Waals surface area contributed by atoms with E-state index >= 15 is 0 Å². The lowest BCUT2D eigenvalue weighted by Crippen LogP contribution is -2.07. The maximum atomic E-state index is 11.7. The van der Waals surface area contributed by atoms with Gasteiger partial charge in [-0.15, -0.1) is 11.3 Å². The van der Waals surface area contributed by atoms with Gasteiger partial charge >= 0.3 is 0 Å². The van der Waals surface area contributed by atoms with E-state index < -0.39 is 0 Å². The predicted octanol–water partition coefficient (Wildman–Crippen LogP) is 3.54. The number of rotatable bonds is 4. The van der Waals surface area contributed by atoms with Gasteiger partial charge in [-0.05, 0) is 31.4 Å². The summed E-state index contributed by atoms with van der Waals surface area (Å²) in [4.78, 5) is 12.5. The molecule has 82 valence electrons. The number of carbonyl (C=O) groups excluding carboxylic acids is 1. The Bertz CT molecular complexity index is 342. The molecule has 0 aliphatic carbocycles. The average molecular weight is 245 g/mol. The number of thiophene rings is 1. The van der Waals surface area contributed by atoms with Crippen LogP contribution in [0, 0.1) is 0 Å². The molecule has 1 fully saturated rings. The van der Waals surface area contributed by atoms with Crippen molar-refractivity contribution in [2.45, 2.75) is 31.8 Å². The van der Waals surface area contributed by atoms with Crippen molar-refractivity contribution in [1.29, 1.82) is 0 Å². The first kappa shape index (κ1) is 11.1. The Labute approximate surface area is 98.2 Å². The second-order valence-electron chi connectivity index (χ2n) is 3.70. The van der Waals surface area contributed by atoms with Crippen molar-refractivity contribution in [1.82, 2.24) is 0 Å². The van der Waals surface area contributed by atoms with Gasteiger partial charge in [0, 0.05) is 13.0 Å². The van der Waals surface area contributed by atoms with Gasteiger partial charge in [-0.2, -0.15) is 0 Å². The Balaban J connectivity index is 1.81. The summed E-state index contributed by atoms with van der Waals surface area (Å²) in [5.74, 6) is 0.183. The van der Waals surface area contributed by atoms with Gasteiger partial charge in [0.05, 0.1) is 15.3 Å². The molecule has 1 saturated heterocycles. The molecule has 0 bridgehead atoms. The zero-order valence-electron chi connectivity index (χ0n) is 8.37. The van der Waals surface area contributed by atoms with Gasteiger partial charge in [-0.3, -0.25) is 4.79 Å². The lowest BCUT2D eigenvalue weighted by Gasteiger charge is -2.06. The SMILES string of the molecule is O=C(CCC1CCCO1)c1ccc(Cl)s1. The molecular formula is C11H13ClO2S. The molecule has 4 heteroatoms. The van der Waals surface area contributed by atoms with E-state index in [2.05, 4.69) is 0 Å². The number of halogens is 1. The van der Waals surface area contributed by atoms with Crippen LogP contribution in [0.1, 0.15) is 35.4 Å². The van der Waals surface area contributed by atoms with E-state index in [-0.39, 0.29) is 5.78 Å². The molecule has 15 heavy (non-hydrogen) atoms. The fourth-order valence-corrected chi connectivity index (χ4v) is 2.76. The third kappa shape index (κ3) is 3.03. The Kier molecular flexibility index (Phi) is 3.78. The number of ketones is 1. The monoisotopic (exact) mass is 244 g/mol. The second-order valence-corrected chi connectivity index (χ2v) is 5.42. The molecule has 1 aromatic heterocycles. The Hall–Kier alpha value is -0.380. The molecule has 1 unspecified atom stereocenters. The number of Topliss-reactive ketones (excluding diaryl/α,β-unsaturated/α-hetero) is 1. The quantitative estimate of drug-likeness (QED) is 0.758. The molecule has 0 saturated carbocycles. The minimum Gasteiger partial charge on any atom is -0.378 e. The first-order valence-electron chi connectivity index (χ1n) is 5.16. The first-order chi connectivity index (χ1) is 7.25. The number of ether oxygens (including phenoxy) is 1. The van der Waals surface area contributed by atoms with Gasteiger partial charge in [0.25, 0.3) is 0 Å². The third-order valence-electron chi connectivity index (χ3n) is 2.57. The third-order valence-corrected chi connectivity index (χ3v) is 3.84. The van der Waals surface area contributed by atoms with E-state index in [0.717, 1.165) is 30.7 Å². The number of carbonyl (C=O) groups is 1. The van der Waals surface area contributed by atoms with Crippen molar-refractivity contribution >= 4 is 28.7 Å². The molecule has 0 radical (unpaired) electrons. The summed E-state index contributed by atoms with van der Waals surface area (Å²) in [5, 5.41) is 0. The summed E-state index contributed by atoms with van der Waals surface area (Å²) in [6.07, 6.45) is 3.93. The topological polar surface area (TPSA) is 26.3 Å². The summed E-state index contributed by atoms with van der Waals surface area (Å²) in [6, 6.07) is 3.57. The molecule has 0 spiro atoms. The molecular weight excluding hydrogens is 232 g/mol. The number of hydrogen-bond donors (Lipinski definition) is 0. The van der Waals surface area contributed by atoms with Gasteiger partial charge in [0.1, 0.15) is 0 Å². The van der Waals surface area contributed by atoms with Crippen molar-refractivity contribution in [3.8, 4) is 0 Å². The van der Waals surface area contributed by atoms with Gasteiger partial charge in [0.2, 0.25) is 0 Å². The summed E-state index contributed by atoms with van der Waals surface area (Å²) in [5.41, 5.74) is 0. The maximum absolute atomic E-state index is 11.7. The summed E-state index contributed by atoms with van der Waals surface area (Å²) in [6.45, 7) is 0.851. The van der Waals surface area contributed by atoms with E-state index in [9.17, 15) is 4.79 Å². The second kappa shape index (κ2) is 5.10. The minimum atomic E-state index is 0.183. The molecule has 2 nitrogen and oxygen atoms in total. The Morgan fingerprint density at radius 3 is 3.07 bits per heavy atom. The molecule has 1 atom stereocenters. The number of hydrogen-bond acceptors (Lipinski definition) is 3. The van der Waals surface area contributed by atoms with Crippen LogP contribution >= 0.6 is 22.9 Å². The summed E-state index contributed by atoms with van der Waals surface area (Å²) in [7, 11) is 0. The molecule has 2 rings (SSSR count). The largest absolute Gasteiger partial charge is 0.378 e. The lowest BCUT2D eigenvalue weighted by atomic mass is 10.1. The standard InChI is InChI=1S/C11H13ClO2S/c12-11-6-5-10(15-11)9(13)4-3-8-2-1-7-14-8/h5-6,8H,1-4,7H2. The van der Waals surface area contributed by atoms with Crippen LogP contribution in [0.4, 0.5) is 0 Å². The van der Waals surface area contributed by atoms with E-state index in [1.54, 1.807) is 12.1 Å². The van der Waals surface area contributed by atoms with Crippen LogP contribution in [-0.4, -0.2) is 18.5 Å². The van der Waals surface area contributed by atoms with Crippen LogP contribution in [-0.2, 0) is 4.74 Å². The van der Waals surface area contributed by atoms with E-state index in [4.69, 9.17) is 16.3 Å². The fourth-order valence-electron chi connectivity index (χ4n) is 1.75. The summed E-state index contributed by atoms with van der Waals surface area (Å²) < 4.78 is 6.15. The van der Waals surface area contributed by atoms with Crippen molar-refractivity contribution in [3.05, 3.63) is 21.3 Å². The van der Waals surface area contributed by atoms with Crippen LogP contribution in [0.15, 0.2) is 12.1 Å². The van der Waals surface area contributed by atoms with Crippen LogP contribution < -0.4 is 0 Å². The Morgan fingerprint density at radius 2 is 2.47 bits per heavy atom. The average Bonchev–Trinajstić information content (AvgIpc) is 2.84. The van der Waals surface area contributed by atoms with Crippen LogP contribution in [0.3, 0.4) is 0 Å². The maximum Gasteiger partial charge on any atom is 0.172 e. The highest BCUT2D eigenvalue weighted by Crippen LogP contribution is 2.24. The van der Waals surface area contributed by atoms with Crippen LogP contribution in [0.5, 0.6) is 0 Å². The molecule has 1 aliphatic rings. The van der Waals surface area contributed by atoms with E-state index in [0.29, 0.717) is 16.9 Å². The van der Waals surface area contributed by atoms with Gasteiger partial charge in [-0.25, -0.2) is 0 Å². The molecule has 2 heterocycles. The highest BCUT2D eigenvalue weighted by molar-refractivity contribution is 7.18. The lowest BCUT2D eigenvalue weighted by molar-refractivity contribution is 0.0862. The molecule has 1 aromatic rings. The van der Waals surface area contributed by atoms with Gasteiger partial charge in [0.15, 0.2) is 5.78 Å². The van der Waals surface area contributed by atoms with E-state index in [1.165, 1.54) is 11.3 Å².